The molecule has 0 unspecified atom stereocenters. The van der Waals surface area contributed by atoms with Crippen LogP contribution in [0.3, 0.4) is 0 Å². The molecule has 3 aromatic heterocycles. The van der Waals surface area contributed by atoms with Gasteiger partial charge in [-0.25, -0.2) is 4.98 Å². The van der Waals surface area contributed by atoms with Crippen molar-refractivity contribution in [2.75, 3.05) is 18.0 Å². The van der Waals surface area contributed by atoms with Crippen LogP contribution in [0.5, 0.6) is 0 Å². The number of rotatable bonds is 4. The second kappa shape index (κ2) is 7.54. The second-order valence-electron chi connectivity index (χ2n) is 8.14. The van der Waals surface area contributed by atoms with Crippen LogP contribution in [0.2, 0.25) is 0 Å². The summed E-state index contributed by atoms with van der Waals surface area (Å²) in [4.78, 5) is 19.5. The lowest BCUT2D eigenvalue weighted by Gasteiger charge is -2.31. The summed E-state index contributed by atoms with van der Waals surface area (Å²) < 4.78 is 3.52. The summed E-state index contributed by atoms with van der Waals surface area (Å²) in [5, 5.41) is 9.81. The Labute approximate surface area is 180 Å². The summed E-state index contributed by atoms with van der Waals surface area (Å²) >= 11 is 0. The summed E-state index contributed by atoms with van der Waals surface area (Å²) in [6.07, 6.45) is 9.13. The van der Waals surface area contributed by atoms with Crippen molar-refractivity contribution in [2.24, 2.45) is 19.8 Å². The lowest BCUT2D eigenvalue weighted by atomic mass is 9.97. The molecule has 1 saturated heterocycles. The van der Waals surface area contributed by atoms with E-state index in [1.54, 1.807) is 10.9 Å². The van der Waals surface area contributed by atoms with Gasteiger partial charge in [0.1, 0.15) is 5.69 Å². The van der Waals surface area contributed by atoms with Gasteiger partial charge in [-0.1, -0.05) is 0 Å². The fraction of sp³-hybridized carbons (Fsp3) is 0.304. The number of nitrogens with two attached hydrogens (primary N) is 1. The van der Waals surface area contributed by atoms with E-state index in [0.29, 0.717) is 5.69 Å². The van der Waals surface area contributed by atoms with Gasteiger partial charge >= 0.3 is 0 Å². The molecule has 5 rings (SSSR count). The van der Waals surface area contributed by atoms with Crippen molar-refractivity contribution in [1.82, 2.24) is 24.5 Å². The Kier molecular flexibility index (Phi) is 4.69. The summed E-state index contributed by atoms with van der Waals surface area (Å²) in [7, 11) is 3.76. The van der Waals surface area contributed by atoms with Crippen LogP contribution in [-0.2, 0) is 14.1 Å². The van der Waals surface area contributed by atoms with E-state index in [2.05, 4.69) is 32.2 Å². The van der Waals surface area contributed by atoms with Gasteiger partial charge in [0, 0.05) is 67.3 Å². The van der Waals surface area contributed by atoms with Crippen LogP contribution in [0.25, 0.3) is 33.3 Å². The molecule has 0 saturated carbocycles. The van der Waals surface area contributed by atoms with Crippen LogP contribution < -0.4 is 10.6 Å². The first kappa shape index (κ1) is 19.3. The second-order valence-corrected chi connectivity index (χ2v) is 8.14. The number of anilines is 1. The Morgan fingerprint density at radius 3 is 2.52 bits per heavy atom. The van der Waals surface area contributed by atoms with Crippen molar-refractivity contribution in [3.8, 4) is 22.4 Å². The molecule has 1 aromatic carbocycles. The minimum atomic E-state index is -0.545. The van der Waals surface area contributed by atoms with Crippen molar-refractivity contribution < 1.29 is 4.79 Å². The maximum atomic E-state index is 12.4. The van der Waals surface area contributed by atoms with Gasteiger partial charge in [-0.3, -0.25) is 14.2 Å². The number of hydrogen-bond donors (Lipinski definition) is 1. The number of fused-ring (bicyclic) bond motifs is 1. The van der Waals surface area contributed by atoms with Crippen molar-refractivity contribution in [3.63, 3.8) is 0 Å². The van der Waals surface area contributed by atoms with Crippen molar-refractivity contribution in [2.45, 2.75) is 19.3 Å². The molecule has 31 heavy (non-hydrogen) atoms. The third kappa shape index (κ3) is 3.54. The number of aromatic nitrogens is 5. The molecule has 4 heterocycles. The Morgan fingerprint density at radius 2 is 1.81 bits per heavy atom. The van der Waals surface area contributed by atoms with Crippen molar-refractivity contribution >= 4 is 22.5 Å². The van der Waals surface area contributed by atoms with Crippen LogP contribution in [0.1, 0.15) is 29.8 Å². The normalized spacial score (nSPS) is 14.3. The largest absolute Gasteiger partial charge is 0.371 e. The third-order valence-corrected chi connectivity index (χ3v) is 5.85. The van der Waals surface area contributed by atoms with E-state index in [-0.39, 0.29) is 5.69 Å². The maximum absolute atomic E-state index is 12.4. The first-order valence-electron chi connectivity index (χ1n) is 10.5. The first-order chi connectivity index (χ1) is 15.0. The molecule has 1 aliphatic rings. The molecular weight excluding hydrogens is 390 g/mol. The molecule has 1 fully saturated rings. The molecule has 1 aliphatic heterocycles. The molecule has 0 spiro atoms. The maximum Gasteiger partial charge on any atom is 0.267 e. The predicted molar refractivity (Wildman–Crippen MR) is 121 cm³/mol. The predicted octanol–water partition coefficient (Wildman–Crippen LogP) is 3.12. The van der Waals surface area contributed by atoms with Gasteiger partial charge in [0.25, 0.3) is 5.91 Å². The smallest absolute Gasteiger partial charge is 0.267 e. The molecule has 0 aliphatic carbocycles. The van der Waals surface area contributed by atoms with E-state index in [1.165, 1.54) is 6.42 Å². The van der Waals surface area contributed by atoms with Crippen LogP contribution in [0, 0.1) is 0 Å². The average Bonchev–Trinajstić information content (AvgIpc) is 3.37. The highest BCUT2D eigenvalue weighted by Crippen LogP contribution is 2.38. The van der Waals surface area contributed by atoms with Gasteiger partial charge in [0.15, 0.2) is 0 Å². The number of nitrogens with zero attached hydrogens (tertiary/aromatic N) is 6. The standard InChI is InChI=1S/C23H25N7O/c1-28-14-16(12-25-28)19-7-6-17(22(26-19)23(24)31)18-10-15-13-29(2)27-20(15)11-21(18)30-8-4-3-5-9-30/h6-7,10-14H,3-5,8-9H2,1-2H3,(H2,24,31). The topological polar surface area (TPSA) is 94.9 Å². The number of pyridine rings is 1. The van der Waals surface area contributed by atoms with Crippen LogP contribution in [0.4, 0.5) is 5.69 Å². The Balaban J connectivity index is 1.71. The zero-order chi connectivity index (χ0) is 21.5. The number of carbonyl (C=O) groups is 1. The fourth-order valence-electron chi connectivity index (χ4n) is 4.37. The van der Waals surface area contributed by atoms with Crippen molar-refractivity contribution in [1.29, 1.82) is 0 Å². The van der Waals surface area contributed by atoms with Gasteiger partial charge in [-0.2, -0.15) is 10.2 Å². The average molecular weight is 416 g/mol. The van der Waals surface area contributed by atoms with E-state index in [4.69, 9.17) is 5.73 Å². The number of benzene rings is 1. The van der Waals surface area contributed by atoms with Gasteiger partial charge in [-0.15, -0.1) is 0 Å². The number of amides is 1. The van der Waals surface area contributed by atoms with Gasteiger partial charge in [0.05, 0.1) is 17.4 Å². The molecule has 8 heteroatoms. The SMILES string of the molecule is Cn1cc(-c2ccc(-c3cc4cn(C)nc4cc3N3CCCCC3)c(C(N)=O)n2)cn1. The zero-order valence-electron chi connectivity index (χ0n) is 17.7. The fourth-order valence-corrected chi connectivity index (χ4v) is 4.37. The lowest BCUT2D eigenvalue weighted by Crippen LogP contribution is -2.30. The summed E-state index contributed by atoms with van der Waals surface area (Å²) in [6.45, 7) is 1.97. The molecule has 1 amide bonds. The van der Waals surface area contributed by atoms with E-state index in [0.717, 1.165) is 59.2 Å². The van der Waals surface area contributed by atoms with E-state index in [9.17, 15) is 4.79 Å². The molecule has 158 valence electrons. The number of carbonyl (C=O) groups excluding carboxylic acids is 1. The molecule has 0 radical (unpaired) electrons. The minimum absolute atomic E-state index is 0.267. The number of piperidine rings is 1. The van der Waals surface area contributed by atoms with Crippen molar-refractivity contribution in [3.05, 3.63) is 48.5 Å². The van der Waals surface area contributed by atoms with Gasteiger partial charge < -0.3 is 10.6 Å². The number of primary amides is 1. The van der Waals surface area contributed by atoms with E-state index >= 15 is 0 Å². The molecule has 0 atom stereocenters. The lowest BCUT2D eigenvalue weighted by molar-refractivity contribution is 0.0996. The zero-order valence-corrected chi connectivity index (χ0v) is 17.7. The first-order valence-corrected chi connectivity index (χ1v) is 10.5. The molecule has 0 bridgehead atoms. The van der Waals surface area contributed by atoms with E-state index in [1.807, 2.05) is 43.3 Å². The van der Waals surface area contributed by atoms with Crippen LogP contribution in [-0.4, -0.2) is 43.5 Å². The van der Waals surface area contributed by atoms with Crippen LogP contribution >= 0.6 is 0 Å². The Morgan fingerprint density at radius 1 is 1.00 bits per heavy atom. The monoisotopic (exact) mass is 415 g/mol. The Bertz CT molecular complexity index is 1280. The highest BCUT2D eigenvalue weighted by atomic mass is 16.1. The number of aryl methyl sites for hydroxylation is 2. The number of hydrogen-bond acceptors (Lipinski definition) is 5. The van der Waals surface area contributed by atoms with Crippen LogP contribution in [0.15, 0.2) is 42.9 Å². The summed E-state index contributed by atoms with van der Waals surface area (Å²) in [5.41, 5.74) is 11.3. The van der Waals surface area contributed by atoms with Gasteiger partial charge in [0.2, 0.25) is 0 Å². The quantitative estimate of drug-likeness (QED) is 0.553. The minimum Gasteiger partial charge on any atom is -0.371 e. The highest BCUT2D eigenvalue weighted by molar-refractivity contribution is 6.02. The molecule has 8 nitrogen and oxygen atoms in total. The Hall–Kier alpha value is -3.68. The summed E-state index contributed by atoms with van der Waals surface area (Å²) in [6, 6.07) is 8.09. The summed E-state index contributed by atoms with van der Waals surface area (Å²) in [5.74, 6) is -0.545. The molecule has 2 N–H and O–H groups in total. The molecular formula is C23H25N7O. The van der Waals surface area contributed by atoms with E-state index < -0.39 is 5.91 Å². The third-order valence-electron chi connectivity index (χ3n) is 5.85. The van der Waals surface area contributed by atoms with Gasteiger partial charge in [-0.05, 0) is 43.5 Å². The highest BCUT2D eigenvalue weighted by Gasteiger charge is 2.22. The molecule has 4 aromatic rings.